The molecule has 8 heteroatoms. The van der Waals surface area contributed by atoms with Crippen LogP contribution in [0.2, 0.25) is 0 Å². The van der Waals surface area contributed by atoms with Crippen LogP contribution < -0.4 is 5.32 Å². The van der Waals surface area contributed by atoms with Gasteiger partial charge in [-0.2, -0.15) is 5.10 Å². The number of fused-ring (bicyclic) bond motifs is 2. The minimum Gasteiger partial charge on any atom is -0.472 e. The van der Waals surface area contributed by atoms with Crippen molar-refractivity contribution in [3.63, 3.8) is 0 Å². The Morgan fingerprint density at radius 1 is 1.00 bits per heavy atom. The van der Waals surface area contributed by atoms with Gasteiger partial charge in [0.2, 0.25) is 0 Å². The molecule has 1 aromatic carbocycles. The number of benzene rings is 1. The Morgan fingerprint density at radius 2 is 1.92 bits per heavy atom. The number of aromatic nitrogens is 6. The number of nitrogens with zero attached hydrogens (tertiary/aromatic N) is 4. The second kappa shape index (κ2) is 9.29. The molecule has 0 aliphatic heterocycles. The van der Waals surface area contributed by atoms with E-state index in [4.69, 9.17) is 9.40 Å². The normalized spacial score (nSPS) is 14.3. The Morgan fingerprint density at radius 3 is 2.81 bits per heavy atom. The molecule has 8 nitrogen and oxygen atoms in total. The fourth-order valence-corrected chi connectivity index (χ4v) is 5.41. The summed E-state index contributed by atoms with van der Waals surface area (Å²) in [4.78, 5) is 17.5. The van der Waals surface area contributed by atoms with Crippen molar-refractivity contribution in [2.45, 2.75) is 32.2 Å². The van der Waals surface area contributed by atoms with Crippen LogP contribution in [0.15, 0.2) is 71.9 Å². The Kier molecular flexibility index (Phi) is 5.51. The number of hydrogen-bond donors (Lipinski definition) is 3. The van der Waals surface area contributed by atoms with Crippen molar-refractivity contribution >= 4 is 22.1 Å². The minimum absolute atomic E-state index is 0.694. The smallest absolute Gasteiger partial charge is 0.159 e. The highest BCUT2D eigenvalue weighted by molar-refractivity contribution is 5.97. The number of aromatic amines is 2. The fourth-order valence-electron chi connectivity index (χ4n) is 5.41. The van der Waals surface area contributed by atoms with Crippen molar-refractivity contribution in [2.75, 3.05) is 6.54 Å². The van der Waals surface area contributed by atoms with Gasteiger partial charge in [0.15, 0.2) is 11.5 Å². The van der Waals surface area contributed by atoms with Gasteiger partial charge in [0.05, 0.1) is 28.9 Å². The van der Waals surface area contributed by atoms with Gasteiger partial charge in [0.1, 0.15) is 5.69 Å². The maximum atomic E-state index is 5.29. The van der Waals surface area contributed by atoms with Gasteiger partial charge in [-0.1, -0.05) is 25.0 Å². The molecule has 6 aromatic rings. The third-order valence-electron chi connectivity index (χ3n) is 7.35. The highest BCUT2D eigenvalue weighted by atomic mass is 16.3. The summed E-state index contributed by atoms with van der Waals surface area (Å²) in [6.45, 7) is 1.90. The van der Waals surface area contributed by atoms with Crippen molar-refractivity contribution in [1.82, 2.24) is 35.5 Å². The zero-order chi connectivity index (χ0) is 24.6. The van der Waals surface area contributed by atoms with E-state index in [2.05, 4.69) is 42.6 Å². The van der Waals surface area contributed by atoms with Crippen LogP contribution in [0.1, 0.15) is 31.2 Å². The van der Waals surface area contributed by atoms with Gasteiger partial charge >= 0.3 is 0 Å². The lowest BCUT2D eigenvalue weighted by Gasteiger charge is -2.11. The number of furan rings is 1. The summed E-state index contributed by atoms with van der Waals surface area (Å²) < 4.78 is 5.29. The van der Waals surface area contributed by atoms with E-state index in [0.29, 0.717) is 5.82 Å². The fraction of sp³-hybridized carbons (Fsp3) is 0.241. The average molecular weight is 490 g/mol. The van der Waals surface area contributed by atoms with Gasteiger partial charge in [-0.25, -0.2) is 9.97 Å². The number of pyridine rings is 2. The first-order chi connectivity index (χ1) is 18.3. The molecule has 0 spiro atoms. The van der Waals surface area contributed by atoms with E-state index in [9.17, 15) is 0 Å². The van der Waals surface area contributed by atoms with Crippen molar-refractivity contribution in [3.05, 3.63) is 73.1 Å². The molecular weight excluding hydrogens is 462 g/mol. The van der Waals surface area contributed by atoms with Crippen LogP contribution in [0, 0.1) is 5.92 Å². The maximum Gasteiger partial charge on any atom is 0.159 e. The topological polar surface area (TPSA) is 108 Å². The summed E-state index contributed by atoms with van der Waals surface area (Å²) in [6.07, 6.45) is 14.5. The standard InChI is InChI=1S/C29H27N7O/c1-2-5-18(4-1)12-30-13-19-10-21(15-31-14-19)22-11-24-27(35-36-28(24)32-16-22)29-33-25-7-3-6-23(26(25)34-29)20-8-9-37-17-20/h3,6-11,14-18,30H,1-2,4-5,12-13H2,(H,33,34)(H,32,35,36). The molecule has 0 saturated heterocycles. The Bertz CT molecular complexity index is 1680. The number of nitrogens with one attached hydrogen (secondary N) is 3. The van der Waals surface area contributed by atoms with Crippen molar-refractivity contribution < 1.29 is 4.42 Å². The summed E-state index contributed by atoms with van der Waals surface area (Å²) in [7, 11) is 0. The zero-order valence-electron chi connectivity index (χ0n) is 20.4. The second-order valence-corrected chi connectivity index (χ2v) is 9.85. The van der Waals surface area contributed by atoms with Crippen LogP contribution >= 0.6 is 0 Å². The highest BCUT2D eigenvalue weighted by Crippen LogP contribution is 2.32. The largest absolute Gasteiger partial charge is 0.472 e. The van der Waals surface area contributed by atoms with Gasteiger partial charge in [-0.3, -0.25) is 10.1 Å². The molecule has 0 bridgehead atoms. The maximum absolute atomic E-state index is 5.29. The predicted molar refractivity (Wildman–Crippen MR) is 144 cm³/mol. The van der Waals surface area contributed by atoms with Gasteiger partial charge < -0.3 is 14.7 Å². The lowest BCUT2D eigenvalue weighted by molar-refractivity contribution is 0.489. The number of H-pyrrole nitrogens is 2. The summed E-state index contributed by atoms with van der Waals surface area (Å²) in [6, 6.07) is 12.3. The Balaban J connectivity index is 1.20. The van der Waals surface area contributed by atoms with E-state index < -0.39 is 0 Å². The number of rotatable bonds is 7. The van der Waals surface area contributed by atoms with E-state index >= 15 is 0 Å². The first kappa shape index (κ1) is 21.9. The van der Waals surface area contributed by atoms with Crippen molar-refractivity contribution in [1.29, 1.82) is 0 Å². The van der Waals surface area contributed by atoms with Gasteiger partial charge in [0, 0.05) is 47.4 Å². The third-order valence-corrected chi connectivity index (χ3v) is 7.35. The number of imidazole rings is 1. The molecule has 1 aliphatic carbocycles. The SMILES string of the molecule is c1cc(-c2ccoc2)c2nc(-c3n[nH]c4ncc(-c5cncc(CNCC6CCCC6)c5)cc34)[nH]c2c1. The van der Waals surface area contributed by atoms with Gasteiger partial charge in [-0.15, -0.1) is 0 Å². The molecule has 5 aromatic heterocycles. The monoisotopic (exact) mass is 489 g/mol. The molecular formula is C29H27N7O. The molecule has 1 aliphatic rings. The molecule has 1 saturated carbocycles. The summed E-state index contributed by atoms with van der Waals surface area (Å²) >= 11 is 0. The van der Waals surface area contributed by atoms with Crippen LogP contribution in [0.25, 0.3) is 55.8 Å². The lowest BCUT2D eigenvalue weighted by atomic mass is 10.1. The minimum atomic E-state index is 0.694. The van der Waals surface area contributed by atoms with Crippen LogP contribution in [0.5, 0.6) is 0 Å². The van der Waals surface area contributed by atoms with Crippen LogP contribution in [0.3, 0.4) is 0 Å². The van der Waals surface area contributed by atoms with Crippen molar-refractivity contribution in [2.24, 2.45) is 5.92 Å². The zero-order valence-corrected chi connectivity index (χ0v) is 20.4. The molecule has 0 unspecified atom stereocenters. The molecule has 5 heterocycles. The predicted octanol–water partition coefficient (Wildman–Crippen LogP) is 6.10. The molecule has 1 fully saturated rings. The molecule has 0 amide bonds. The molecule has 184 valence electrons. The molecule has 0 radical (unpaired) electrons. The van der Waals surface area contributed by atoms with E-state index in [-0.39, 0.29) is 0 Å². The van der Waals surface area contributed by atoms with Crippen molar-refractivity contribution in [3.8, 4) is 33.8 Å². The highest BCUT2D eigenvalue weighted by Gasteiger charge is 2.17. The van der Waals surface area contributed by atoms with E-state index in [1.807, 2.05) is 42.9 Å². The molecule has 7 rings (SSSR count). The van der Waals surface area contributed by atoms with Gasteiger partial charge in [0.25, 0.3) is 0 Å². The first-order valence-electron chi connectivity index (χ1n) is 12.8. The number of hydrogen-bond acceptors (Lipinski definition) is 6. The van der Waals surface area contributed by atoms with Crippen LogP contribution in [0.4, 0.5) is 0 Å². The molecule has 0 atom stereocenters. The summed E-state index contributed by atoms with van der Waals surface area (Å²) in [5.41, 5.74) is 8.48. The van der Waals surface area contributed by atoms with Gasteiger partial charge in [-0.05, 0) is 55.1 Å². The lowest BCUT2D eigenvalue weighted by Crippen LogP contribution is -2.20. The molecule has 3 N–H and O–H groups in total. The van der Waals surface area contributed by atoms with E-state index in [0.717, 1.165) is 69.0 Å². The summed E-state index contributed by atoms with van der Waals surface area (Å²) in [5.74, 6) is 1.51. The third kappa shape index (κ3) is 4.19. The quantitative estimate of drug-likeness (QED) is 0.250. The van der Waals surface area contributed by atoms with Crippen LogP contribution in [-0.4, -0.2) is 36.7 Å². The van der Waals surface area contributed by atoms with E-state index in [1.165, 1.54) is 31.2 Å². The average Bonchev–Trinajstić information content (AvgIpc) is 3.74. The summed E-state index contributed by atoms with van der Waals surface area (Å²) in [5, 5.41) is 12.1. The first-order valence-corrected chi connectivity index (χ1v) is 12.8. The Hall–Kier alpha value is -4.30. The number of para-hydroxylation sites is 1. The Labute approximate surface area is 213 Å². The molecule has 37 heavy (non-hydrogen) atoms. The second-order valence-electron chi connectivity index (χ2n) is 9.85. The van der Waals surface area contributed by atoms with E-state index in [1.54, 1.807) is 12.5 Å². The van der Waals surface area contributed by atoms with Crippen LogP contribution in [-0.2, 0) is 6.54 Å².